The number of hydrogen-bond acceptors (Lipinski definition) is 3. The molecule has 0 radical (unpaired) electrons. The monoisotopic (exact) mass is 286 g/mol. The molecule has 1 atom stereocenters. The van der Waals surface area contributed by atoms with Crippen LogP contribution in [-0.2, 0) is 6.54 Å². The van der Waals surface area contributed by atoms with E-state index in [1.165, 1.54) is 12.1 Å². The number of aryl methyl sites for hydroxylation is 1. The van der Waals surface area contributed by atoms with Crippen molar-refractivity contribution in [1.29, 1.82) is 0 Å². The van der Waals surface area contributed by atoms with E-state index in [0.717, 1.165) is 11.3 Å². The van der Waals surface area contributed by atoms with Crippen LogP contribution < -0.4 is 11.3 Å². The largest absolute Gasteiger partial charge is 0.322 e. The summed E-state index contributed by atoms with van der Waals surface area (Å²) in [6.07, 6.45) is 3.38. The van der Waals surface area contributed by atoms with Gasteiger partial charge in [-0.25, -0.2) is 8.91 Å². The molecule has 0 amide bonds. The molecule has 0 aliphatic carbocycles. The lowest BCUT2D eigenvalue weighted by Crippen LogP contribution is -2.27. The summed E-state index contributed by atoms with van der Waals surface area (Å²) < 4.78 is 16.0. The number of hydrogen-bond donors (Lipinski definition) is 1. The number of fused-ring (bicyclic) bond motifs is 1. The second-order valence-electron chi connectivity index (χ2n) is 5.03. The van der Waals surface area contributed by atoms with Crippen LogP contribution in [0.2, 0.25) is 0 Å². The summed E-state index contributed by atoms with van der Waals surface area (Å²) in [6, 6.07) is 7.35. The first-order valence-electron chi connectivity index (χ1n) is 6.61. The molecule has 0 aliphatic heterocycles. The van der Waals surface area contributed by atoms with Gasteiger partial charge in [0.15, 0.2) is 0 Å². The zero-order valence-electron chi connectivity index (χ0n) is 11.5. The zero-order chi connectivity index (χ0) is 15.0. The van der Waals surface area contributed by atoms with Gasteiger partial charge in [-0.1, -0.05) is 12.1 Å². The number of benzene rings is 1. The van der Waals surface area contributed by atoms with Gasteiger partial charge in [-0.3, -0.25) is 4.79 Å². The van der Waals surface area contributed by atoms with E-state index in [4.69, 9.17) is 5.73 Å². The molecule has 0 saturated carbocycles. The minimum atomic E-state index is -0.380. The lowest BCUT2D eigenvalue weighted by atomic mass is 10.1. The van der Waals surface area contributed by atoms with E-state index in [1.807, 2.05) is 6.92 Å². The fourth-order valence-electron chi connectivity index (χ4n) is 2.32. The standard InChI is InChI=1S/C15H15FN4O/c1-10-8-14-15(21)19(6-7-20(14)18-10)9-13(17)11-2-4-12(16)5-3-11/h2-8,13H,9,17H2,1H3. The highest BCUT2D eigenvalue weighted by Gasteiger charge is 2.10. The van der Waals surface area contributed by atoms with Gasteiger partial charge >= 0.3 is 0 Å². The van der Waals surface area contributed by atoms with Crippen LogP contribution in [0.1, 0.15) is 17.3 Å². The highest BCUT2D eigenvalue weighted by atomic mass is 19.1. The molecule has 6 heteroatoms. The third-order valence-corrected chi connectivity index (χ3v) is 3.42. The maximum atomic E-state index is 12.9. The highest BCUT2D eigenvalue weighted by molar-refractivity contribution is 5.44. The maximum absolute atomic E-state index is 12.9. The van der Waals surface area contributed by atoms with E-state index in [0.29, 0.717) is 12.1 Å². The van der Waals surface area contributed by atoms with Crippen molar-refractivity contribution >= 4 is 5.52 Å². The Bertz CT molecular complexity index is 835. The summed E-state index contributed by atoms with van der Waals surface area (Å²) in [4.78, 5) is 12.3. The third kappa shape index (κ3) is 2.57. The van der Waals surface area contributed by atoms with Crippen molar-refractivity contribution in [3.05, 3.63) is 70.2 Å². The van der Waals surface area contributed by atoms with Crippen LogP contribution in [0, 0.1) is 12.7 Å². The predicted molar refractivity (Wildman–Crippen MR) is 77.5 cm³/mol. The Kier molecular flexibility index (Phi) is 3.31. The lowest BCUT2D eigenvalue weighted by Gasteiger charge is -2.14. The van der Waals surface area contributed by atoms with Crippen molar-refractivity contribution in [3.8, 4) is 0 Å². The SMILES string of the molecule is Cc1cc2c(=O)n(CC(N)c3ccc(F)cc3)ccn2n1. The van der Waals surface area contributed by atoms with Crippen LogP contribution in [0.3, 0.4) is 0 Å². The summed E-state index contributed by atoms with van der Waals surface area (Å²) in [7, 11) is 0. The van der Waals surface area contributed by atoms with Gasteiger partial charge in [0, 0.05) is 25.0 Å². The van der Waals surface area contributed by atoms with E-state index < -0.39 is 0 Å². The number of nitrogens with two attached hydrogens (primary N) is 1. The van der Waals surface area contributed by atoms with Gasteiger partial charge in [-0.15, -0.1) is 0 Å². The number of rotatable bonds is 3. The fraction of sp³-hybridized carbons (Fsp3) is 0.200. The summed E-state index contributed by atoms with van der Waals surface area (Å²) >= 11 is 0. The van der Waals surface area contributed by atoms with Gasteiger partial charge in [0.05, 0.1) is 5.69 Å². The van der Waals surface area contributed by atoms with Crippen LogP contribution >= 0.6 is 0 Å². The summed E-state index contributed by atoms with van der Waals surface area (Å²) in [6.45, 7) is 2.16. The van der Waals surface area contributed by atoms with Crippen LogP contribution in [0.15, 0.2) is 47.5 Å². The first-order valence-corrected chi connectivity index (χ1v) is 6.61. The summed E-state index contributed by atoms with van der Waals surface area (Å²) in [5, 5.41) is 4.19. The van der Waals surface area contributed by atoms with Gasteiger partial charge in [0.25, 0.3) is 5.56 Å². The molecule has 3 rings (SSSR count). The van der Waals surface area contributed by atoms with Crippen molar-refractivity contribution in [2.24, 2.45) is 5.73 Å². The van der Waals surface area contributed by atoms with E-state index >= 15 is 0 Å². The molecule has 0 fully saturated rings. The van der Waals surface area contributed by atoms with E-state index in [9.17, 15) is 9.18 Å². The molecule has 2 N–H and O–H groups in total. The van der Waals surface area contributed by atoms with Gasteiger partial charge in [-0.05, 0) is 30.7 Å². The van der Waals surface area contributed by atoms with Crippen molar-refractivity contribution < 1.29 is 4.39 Å². The van der Waals surface area contributed by atoms with Gasteiger partial charge in [-0.2, -0.15) is 5.10 Å². The molecule has 1 aromatic carbocycles. The second kappa shape index (κ2) is 5.14. The quantitative estimate of drug-likeness (QED) is 0.796. The average Bonchev–Trinajstić information content (AvgIpc) is 2.84. The average molecular weight is 286 g/mol. The molecule has 0 aliphatic rings. The predicted octanol–water partition coefficient (Wildman–Crippen LogP) is 1.64. The Morgan fingerprint density at radius 2 is 2.00 bits per heavy atom. The molecule has 21 heavy (non-hydrogen) atoms. The molecule has 0 spiro atoms. The number of halogens is 1. The summed E-state index contributed by atoms with van der Waals surface area (Å²) in [5.41, 5.74) is 8.03. The van der Waals surface area contributed by atoms with Crippen LogP contribution in [-0.4, -0.2) is 14.2 Å². The Morgan fingerprint density at radius 1 is 1.29 bits per heavy atom. The molecular weight excluding hydrogens is 271 g/mol. The number of aromatic nitrogens is 3. The Labute approximate surface area is 120 Å². The molecule has 2 aromatic heterocycles. The van der Waals surface area contributed by atoms with E-state index in [2.05, 4.69) is 5.10 Å². The summed E-state index contributed by atoms with van der Waals surface area (Å²) in [5.74, 6) is -0.306. The molecule has 3 aromatic rings. The van der Waals surface area contributed by atoms with Crippen molar-refractivity contribution in [2.75, 3.05) is 0 Å². The van der Waals surface area contributed by atoms with E-state index in [-0.39, 0.29) is 17.4 Å². The minimum absolute atomic E-state index is 0.143. The van der Waals surface area contributed by atoms with Crippen molar-refractivity contribution in [2.45, 2.75) is 19.5 Å². The molecule has 1 unspecified atom stereocenters. The third-order valence-electron chi connectivity index (χ3n) is 3.42. The smallest absolute Gasteiger partial charge is 0.276 e. The topological polar surface area (TPSA) is 65.3 Å². The molecule has 2 heterocycles. The maximum Gasteiger partial charge on any atom is 0.276 e. The van der Waals surface area contributed by atoms with Crippen LogP contribution in [0.5, 0.6) is 0 Å². The van der Waals surface area contributed by atoms with E-state index in [1.54, 1.807) is 39.7 Å². The van der Waals surface area contributed by atoms with Gasteiger partial charge < -0.3 is 10.3 Å². The van der Waals surface area contributed by atoms with Crippen molar-refractivity contribution in [3.63, 3.8) is 0 Å². The fourth-order valence-corrected chi connectivity index (χ4v) is 2.32. The Balaban J connectivity index is 1.92. The minimum Gasteiger partial charge on any atom is -0.322 e. The first kappa shape index (κ1) is 13.5. The molecule has 108 valence electrons. The Morgan fingerprint density at radius 3 is 2.71 bits per heavy atom. The molecular formula is C15H15FN4O. The normalized spacial score (nSPS) is 12.7. The van der Waals surface area contributed by atoms with Gasteiger partial charge in [0.1, 0.15) is 11.3 Å². The van der Waals surface area contributed by atoms with Crippen LogP contribution in [0.25, 0.3) is 5.52 Å². The molecule has 0 saturated heterocycles. The Hall–Kier alpha value is -2.47. The zero-order valence-corrected chi connectivity index (χ0v) is 11.5. The lowest BCUT2D eigenvalue weighted by molar-refractivity contribution is 0.557. The second-order valence-corrected chi connectivity index (χ2v) is 5.03. The van der Waals surface area contributed by atoms with Crippen molar-refractivity contribution in [1.82, 2.24) is 14.2 Å². The van der Waals surface area contributed by atoms with Gasteiger partial charge in [0.2, 0.25) is 0 Å². The first-order chi connectivity index (χ1) is 10.0. The molecule has 5 nitrogen and oxygen atoms in total. The van der Waals surface area contributed by atoms with Crippen LogP contribution in [0.4, 0.5) is 4.39 Å². The number of nitrogens with zero attached hydrogens (tertiary/aromatic N) is 3. The molecule has 0 bridgehead atoms. The highest BCUT2D eigenvalue weighted by Crippen LogP contribution is 2.13.